The maximum absolute atomic E-state index is 14.5. The molecule has 0 radical (unpaired) electrons. The lowest BCUT2D eigenvalue weighted by Gasteiger charge is -2.28. The van der Waals surface area contributed by atoms with E-state index in [9.17, 15) is 33.9 Å². The van der Waals surface area contributed by atoms with Crippen molar-refractivity contribution < 1.29 is 33.9 Å². The predicted molar refractivity (Wildman–Crippen MR) is 286 cm³/mol. The normalized spacial score (nSPS) is 13.7. The van der Waals surface area contributed by atoms with Gasteiger partial charge in [-0.2, -0.15) is 0 Å². The molecule has 6 amide bonds. The van der Waals surface area contributed by atoms with Crippen LogP contribution in [0.15, 0.2) is 80.6 Å². The van der Waals surface area contributed by atoms with Gasteiger partial charge in [0.2, 0.25) is 35.4 Å². The van der Waals surface area contributed by atoms with Crippen LogP contribution >= 0.6 is 0 Å². The standard InChI is InChI=1S/C48H81N19O7/c1-29(2)25-33(49)39(69)63-34(17-9-21-58-45(50)51)40(70)64-35(18-10-22-59-46(52)53)41(71)65-36(19-11-23-60-47(54)55)42(72)66-37(20-12-24-61-48(56)57)43(73)67-38(27-31-15-7-4-8-16-31)44(74)62-32(28-68)26-30-13-5-3-6-14-30/h3-8,13-16,29,32-38,68H,9-12,17-28,49H2,1-2H3,(H,62,74)(H,63,69)(H,64,70)(H,65,71)(H,66,72)(H,67,73)(H4,50,51,58)(H4,52,53,59)(H4,54,55,60)(H4,56,57,61)/t32-,33+,34+,35+,36+,37+,38+/m1/s1. The minimum absolute atomic E-state index is 0.0312. The lowest BCUT2D eigenvalue weighted by Crippen LogP contribution is -2.60. The van der Waals surface area contributed by atoms with E-state index in [1.807, 2.05) is 44.2 Å². The minimum atomic E-state index is -1.36. The fourth-order valence-corrected chi connectivity index (χ4v) is 7.49. The quantitative estimate of drug-likeness (QED) is 0.0178. The van der Waals surface area contributed by atoms with Crippen LogP contribution in [0, 0.1) is 5.92 Å². The van der Waals surface area contributed by atoms with Crippen molar-refractivity contribution in [2.45, 2.75) is 127 Å². The largest absolute Gasteiger partial charge is 0.394 e. The Morgan fingerprint density at radius 1 is 0.446 bits per heavy atom. The van der Waals surface area contributed by atoms with Crippen LogP contribution in [0.25, 0.3) is 0 Å². The molecular formula is C48H81N19O7. The third kappa shape index (κ3) is 26.6. The maximum Gasteiger partial charge on any atom is 0.243 e. The molecule has 0 saturated heterocycles. The molecule has 0 aromatic heterocycles. The molecule has 410 valence electrons. The molecule has 0 fully saturated rings. The Hall–Kier alpha value is -7.74. The lowest BCUT2D eigenvalue weighted by atomic mass is 10.0. The number of hydrogen-bond donors (Lipinski definition) is 16. The van der Waals surface area contributed by atoms with Crippen LogP contribution in [0.4, 0.5) is 0 Å². The van der Waals surface area contributed by atoms with Crippen molar-refractivity contribution in [1.82, 2.24) is 31.9 Å². The first-order chi connectivity index (χ1) is 35.2. The Kier molecular flexibility index (Phi) is 29.2. The van der Waals surface area contributed by atoms with Gasteiger partial charge in [0.1, 0.15) is 30.2 Å². The fraction of sp³-hybridized carbons (Fsp3) is 0.542. The molecule has 25 N–H and O–H groups in total. The summed E-state index contributed by atoms with van der Waals surface area (Å²) < 4.78 is 0. The summed E-state index contributed by atoms with van der Waals surface area (Å²) in [5, 5.41) is 26.8. The van der Waals surface area contributed by atoms with Crippen molar-refractivity contribution in [3.05, 3.63) is 71.8 Å². The molecule has 74 heavy (non-hydrogen) atoms. The van der Waals surface area contributed by atoms with Crippen LogP contribution in [0.1, 0.15) is 82.8 Å². The highest BCUT2D eigenvalue weighted by atomic mass is 16.3. The maximum atomic E-state index is 14.5. The van der Waals surface area contributed by atoms with E-state index in [1.54, 1.807) is 30.3 Å². The number of nitrogens with two attached hydrogens (primary N) is 9. The van der Waals surface area contributed by atoms with E-state index in [4.69, 9.17) is 51.6 Å². The average Bonchev–Trinajstić information content (AvgIpc) is 3.34. The number of aliphatic hydroxyl groups is 1. The molecule has 2 aromatic carbocycles. The van der Waals surface area contributed by atoms with E-state index in [0.717, 1.165) is 5.56 Å². The minimum Gasteiger partial charge on any atom is -0.394 e. The summed E-state index contributed by atoms with van der Waals surface area (Å²) in [6.45, 7) is 3.73. The van der Waals surface area contributed by atoms with Crippen LogP contribution in [0.5, 0.6) is 0 Å². The second-order valence-corrected chi connectivity index (χ2v) is 18.1. The number of nitrogens with zero attached hydrogens (tertiary/aromatic N) is 4. The Labute approximate surface area is 432 Å². The molecule has 0 bridgehead atoms. The first-order valence-corrected chi connectivity index (χ1v) is 24.7. The van der Waals surface area contributed by atoms with Crippen LogP contribution in [-0.2, 0) is 41.6 Å². The summed E-state index contributed by atoms with van der Waals surface area (Å²) >= 11 is 0. The second-order valence-electron chi connectivity index (χ2n) is 18.1. The third-order valence-corrected chi connectivity index (χ3v) is 11.2. The smallest absolute Gasteiger partial charge is 0.243 e. The number of carbonyl (C=O) groups is 6. The van der Waals surface area contributed by atoms with Gasteiger partial charge < -0.3 is 88.6 Å². The van der Waals surface area contributed by atoms with Gasteiger partial charge in [-0.3, -0.25) is 48.7 Å². The van der Waals surface area contributed by atoms with Crippen molar-refractivity contribution in [3.8, 4) is 0 Å². The number of aliphatic imine (C=N–C) groups is 4. The lowest BCUT2D eigenvalue weighted by molar-refractivity contribution is -0.135. The number of carbonyl (C=O) groups excluding carboxylic acids is 6. The number of nitrogens with one attached hydrogen (secondary N) is 6. The van der Waals surface area contributed by atoms with Gasteiger partial charge in [0, 0.05) is 32.6 Å². The molecule has 0 unspecified atom stereocenters. The molecule has 0 saturated carbocycles. The molecule has 2 aromatic rings. The zero-order valence-electron chi connectivity index (χ0n) is 42.6. The molecule has 26 nitrogen and oxygen atoms in total. The summed E-state index contributed by atoms with van der Waals surface area (Å²) in [5.41, 5.74) is 52.0. The zero-order valence-corrected chi connectivity index (χ0v) is 42.6. The van der Waals surface area contributed by atoms with Crippen LogP contribution in [0.3, 0.4) is 0 Å². The van der Waals surface area contributed by atoms with E-state index in [0.29, 0.717) is 18.4 Å². The Morgan fingerprint density at radius 2 is 0.743 bits per heavy atom. The number of rotatable bonds is 35. The first kappa shape index (κ1) is 62.4. The number of guanidine groups is 4. The average molecular weight is 1040 g/mol. The molecule has 0 aliphatic rings. The van der Waals surface area contributed by atoms with Gasteiger partial charge in [-0.25, -0.2) is 0 Å². The fourth-order valence-electron chi connectivity index (χ4n) is 7.49. The van der Waals surface area contributed by atoms with Gasteiger partial charge in [-0.15, -0.1) is 0 Å². The second kappa shape index (κ2) is 34.6. The van der Waals surface area contributed by atoms with Gasteiger partial charge in [0.25, 0.3) is 0 Å². The highest BCUT2D eigenvalue weighted by molar-refractivity contribution is 5.97. The highest BCUT2D eigenvalue weighted by Gasteiger charge is 2.33. The number of amides is 6. The van der Waals surface area contributed by atoms with Gasteiger partial charge in [0.05, 0.1) is 18.7 Å². The predicted octanol–water partition coefficient (Wildman–Crippen LogP) is -4.04. The Bertz CT molecular complexity index is 2160. The number of hydrogen-bond acceptors (Lipinski definition) is 12. The SMILES string of the molecule is CC(C)C[C@H](N)C(=O)N[C@@H](CCCN=C(N)N)C(=O)N[C@@H](CCCN=C(N)N)C(=O)N[C@@H](CCCN=C(N)N)C(=O)N[C@@H](CCCN=C(N)N)C(=O)N[C@@H](Cc1ccccc1)C(=O)N[C@@H](CO)Cc1ccccc1. The van der Waals surface area contributed by atoms with E-state index in [1.165, 1.54) is 0 Å². The van der Waals surface area contributed by atoms with Gasteiger partial charge in [0.15, 0.2) is 23.8 Å². The molecule has 0 aliphatic carbocycles. The van der Waals surface area contributed by atoms with Gasteiger partial charge in [-0.05, 0) is 81.3 Å². The van der Waals surface area contributed by atoms with E-state index in [2.05, 4.69) is 51.9 Å². The summed E-state index contributed by atoms with van der Waals surface area (Å²) in [5.74, 6) is -4.99. The summed E-state index contributed by atoms with van der Waals surface area (Å²) in [4.78, 5) is 101. The van der Waals surface area contributed by atoms with Crippen molar-refractivity contribution in [2.75, 3.05) is 32.8 Å². The molecule has 26 heteroatoms. The molecule has 0 spiro atoms. The summed E-state index contributed by atoms with van der Waals surface area (Å²) in [6, 6.07) is 10.2. The third-order valence-electron chi connectivity index (χ3n) is 11.2. The molecular weight excluding hydrogens is 955 g/mol. The van der Waals surface area contributed by atoms with Crippen molar-refractivity contribution in [1.29, 1.82) is 0 Å². The van der Waals surface area contributed by atoms with Gasteiger partial charge in [-0.1, -0.05) is 74.5 Å². The molecule has 0 heterocycles. The van der Waals surface area contributed by atoms with Crippen molar-refractivity contribution in [2.24, 2.45) is 77.5 Å². The topological polar surface area (TPSA) is 478 Å². The molecule has 2 rings (SSSR count). The van der Waals surface area contributed by atoms with Crippen LogP contribution in [0.2, 0.25) is 0 Å². The van der Waals surface area contributed by atoms with Crippen LogP contribution < -0.4 is 83.5 Å². The summed E-state index contributed by atoms with van der Waals surface area (Å²) in [7, 11) is 0. The monoisotopic (exact) mass is 1040 g/mol. The molecule has 0 aliphatic heterocycles. The van der Waals surface area contributed by atoms with Gasteiger partial charge >= 0.3 is 0 Å². The number of benzene rings is 2. The van der Waals surface area contributed by atoms with E-state index in [-0.39, 0.29) is 114 Å². The number of aliphatic hydroxyl groups excluding tert-OH is 1. The Balaban J connectivity index is 2.54. The first-order valence-electron chi connectivity index (χ1n) is 24.7. The Morgan fingerprint density at radius 3 is 1.05 bits per heavy atom. The van der Waals surface area contributed by atoms with Crippen LogP contribution in [-0.4, -0.2) is 139 Å². The van der Waals surface area contributed by atoms with Crippen molar-refractivity contribution in [3.63, 3.8) is 0 Å². The molecule has 7 atom stereocenters. The summed E-state index contributed by atoms with van der Waals surface area (Å²) in [6.07, 6.45) is 1.38. The van der Waals surface area contributed by atoms with E-state index < -0.39 is 84.3 Å². The highest BCUT2D eigenvalue weighted by Crippen LogP contribution is 2.12. The van der Waals surface area contributed by atoms with Crippen molar-refractivity contribution >= 4 is 59.3 Å². The van der Waals surface area contributed by atoms with E-state index >= 15 is 0 Å². The zero-order chi connectivity index (χ0) is 55.0.